The minimum atomic E-state index is 0.0417. The second-order valence-electron chi connectivity index (χ2n) is 3.13. The first-order chi connectivity index (χ1) is 7.81. The summed E-state index contributed by atoms with van der Waals surface area (Å²) >= 11 is 0. The molecule has 1 aliphatic heterocycles. The second kappa shape index (κ2) is 12.4. The maximum Gasteiger partial charge on any atom is 0.220 e. The van der Waals surface area contributed by atoms with Crippen molar-refractivity contribution in [3.63, 3.8) is 0 Å². The number of amides is 1. The predicted octanol–water partition coefficient (Wildman–Crippen LogP) is -1.10. The molecule has 16 heavy (non-hydrogen) atoms. The van der Waals surface area contributed by atoms with Gasteiger partial charge in [-0.2, -0.15) is 0 Å². The number of aliphatic hydroxyl groups excluding tert-OH is 2. The number of hydrogen-bond acceptors (Lipinski definition) is 5. The van der Waals surface area contributed by atoms with E-state index in [0.29, 0.717) is 26.4 Å². The zero-order valence-electron chi connectivity index (χ0n) is 9.48. The van der Waals surface area contributed by atoms with Gasteiger partial charge in [0.2, 0.25) is 5.91 Å². The molecule has 0 atom stereocenters. The van der Waals surface area contributed by atoms with Crippen molar-refractivity contribution >= 4 is 5.91 Å². The molecule has 1 heterocycles. The normalized spacial score (nSPS) is 14.2. The number of ether oxygens (including phenoxy) is 2. The van der Waals surface area contributed by atoms with Crippen molar-refractivity contribution in [1.29, 1.82) is 0 Å². The Balaban J connectivity index is 0.000000315. The summed E-state index contributed by atoms with van der Waals surface area (Å²) in [5.41, 5.74) is 0. The summed E-state index contributed by atoms with van der Waals surface area (Å²) in [4.78, 5) is 10.1. The number of hydrogen-bond donors (Lipinski definition) is 3. The zero-order valence-corrected chi connectivity index (χ0v) is 9.48. The molecule has 0 saturated carbocycles. The van der Waals surface area contributed by atoms with Gasteiger partial charge in [0.15, 0.2) is 0 Å². The molecule has 0 aromatic heterocycles. The first-order valence-corrected chi connectivity index (χ1v) is 5.45. The number of carbonyl (C=O) groups excluding carboxylic acids is 1. The van der Waals surface area contributed by atoms with Crippen molar-refractivity contribution in [3.8, 4) is 0 Å². The Morgan fingerprint density at radius 1 is 1.06 bits per heavy atom. The van der Waals surface area contributed by atoms with E-state index >= 15 is 0 Å². The van der Waals surface area contributed by atoms with E-state index in [1.807, 2.05) is 0 Å². The van der Waals surface area contributed by atoms with Crippen molar-refractivity contribution < 1.29 is 24.5 Å². The number of rotatable bonds is 7. The van der Waals surface area contributed by atoms with E-state index in [1.54, 1.807) is 0 Å². The molecule has 1 aliphatic rings. The molecule has 0 spiro atoms. The van der Waals surface area contributed by atoms with Crippen molar-refractivity contribution in [2.24, 2.45) is 0 Å². The fraction of sp³-hybridized carbons (Fsp3) is 0.900. The Kier molecular flexibility index (Phi) is 11.8. The number of nitrogens with one attached hydrogen (secondary N) is 1. The molecule has 0 aliphatic carbocycles. The van der Waals surface area contributed by atoms with Gasteiger partial charge in [-0.05, 0) is 6.42 Å². The molecular weight excluding hydrogens is 214 g/mol. The third-order valence-electron chi connectivity index (χ3n) is 1.75. The van der Waals surface area contributed by atoms with Gasteiger partial charge in [-0.3, -0.25) is 4.79 Å². The maximum atomic E-state index is 10.1. The van der Waals surface area contributed by atoms with E-state index in [0.717, 1.165) is 19.4 Å². The smallest absolute Gasteiger partial charge is 0.220 e. The van der Waals surface area contributed by atoms with Crippen molar-refractivity contribution in [2.45, 2.75) is 12.8 Å². The van der Waals surface area contributed by atoms with Crippen LogP contribution < -0.4 is 5.32 Å². The van der Waals surface area contributed by atoms with Gasteiger partial charge in [0.1, 0.15) is 0 Å². The molecule has 0 aromatic rings. The van der Waals surface area contributed by atoms with E-state index in [1.165, 1.54) is 0 Å². The predicted molar refractivity (Wildman–Crippen MR) is 58.1 cm³/mol. The molecule has 6 nitrogen and oxygen atoms in total. The van der Waals surface area contributed by atoms with Crippen LogP contribution in [0.1, 0.15) is 12.8 Å². The highest BCUT2D eigenvalue weighted by Gasteiger charge is 2.05. The van der Waals surface area contributed by atoms with Crippen LogP contribution in [0.4, 0.5) is 0 Å². The monoisotopic (exact) mass is 235 g/mol. The summed E-state index contributed by atoms with van der Waals surface area (Å²) in [7, 11) is 0. The van der Waals surface area contributed by atoms with E-state index in [2.05, 4.69) is 5.32 Å². The van der Waals surface area contributed by atoms with Gasteiger partial charge in [-0.1, -0.05) is 0 Å². The van der Waals surface area contributed by atoms with Crippen LogP contribution in [-0.2, 0) is 14.3 Å². The molecule has 0 unspecified atom stereocenters. The van der Waals surface area contributed by atoms with Crippen LogP contribution in [0.2, 0.25) is 0 Å². The second-order valence-corrected chi connectivity index (χ2v) is 3.13. The zero-order chi connectivity index (χ0) is 12.1. The van der Waals surface area contributed by atoms with Crippen molar-refractivity contribution in [1.82, 2.24) is 5.32 Å². The first kappa shape index (κ1) is 15.3. The molecule has 1 fully saturated rings. The van der Waals surface area contributed by atoms with Crippen molar-refractivity contribution in [3.05, 3.63) is 0 Å². The van der Waals surface area contributed by atoms with Gasteiger partial charge in [-0.25, -0.2) is 0 Å². The Morgan fingerprint density at radius 3 is 1.88 bits per heavy atom. The fourth-order valence-electron chi connectivity index (χ4n) is 1.02. The lowest BCUT2D eigenvalue weighted by atomic mass is 10.4. The minimum Gasteiger partial charge on any atom is -0.394 e. The van der Waals surface area contributed by atoms with Gasteiger partial charge in [0.05, 0.1) is 39.6 Å². The molecule has 0 radical (unpaired) electrons. The summed E-state index contributed by atoms with van der Waals surface area (Å²) in [6.45, 7) is 2.62. The van der Waals surface area contributed by atoms with Gasteiger partial charge in [-0.15, -0.1) is 0 Å². The number of carbonyl (C=O) groups is 1. The lowest BCUT2D eigenvalue weighted by Gasteiger charge is -2.01. The van der Waals surface area contributed by atoms with E-state index in [4.69, 9.17) is 19.7 Å². The van der Waals surface area contributed by atoms with E-state index < -0.39 is 0 Å². The first-order valence-electron chi connectivity index (χ1n) is 5.45. The average Bonchev–Trinajstić information content (AvgIpc) is 2.75. The molecule has 96 valence electrons. The van der Waals surface area contributed by atoms with Gasteiger partial charge in [0.25, 0.3) is 0 Å². The highest BCUT2D eigenvalue weighted by molar-refractivity contribution is 5.77. The molecule has 1 amide bonds. The van der Waals surface area contributed by atoms with Crippen LogP contribution in [0.3, 0.4) is 0 Å². The molecule has 6 heteroatoms. The summed E-state index contributed by atoms with van der Waals surface area (Å²) < 4.78 is 9.75. The SMILES string of the molecule is O=C1CCCN1.OCCOCCOCCO. The molecule has 0 aromatic carbocycles. The fourth-order valence-corrected chi connectivity index (χ4v) is 1.02. The summed E-state index contributed by atoms with van der Waals surface area (Å²) in [5.74, 6) is 0.204. The third kappa shape index (κ3) is 11.4. The maximum absolute atomic E-state index is 10.1. The van der Waals surface area contributed by atoms with Crippen LogP contribution in [0, 0.1) is 0 Å². The highest BCUT2D eigenvalue weighted by Crippen LogP contribution is 1.93. The van der Waals surface area contributed by atoms with Gasteiger partial charge >= 0.3 is 0 Å². The largest absolute Gasteiger partial charge is 0.394 e. The van der Waals surface area contributed by atoms with E-state index in [-0.39, 0.29) is 19.1 Å². The van der Waals surface area contributed by atoms with Gasteiger partial charge in [0, 0.05) is 13.0 Å². The average molecular weight is 235 g/mol. The Morgan fingerprint density at radius 2 is 1.62 bits per heavy atom. The topological polar surface area (TPSA) is 88.0 Å². The Hall–Kier alpha value is -0.690. The molecular formula is C10H21NO5. The minimum absolute atomic E-state index is 0.0417. The van der Waals surface area contributed by atoms with E-state index in [9.17, 15) is 4.79 Å². The van der Waals surface area contributed by atoms with Crippen LogP contribution in [0.5, 0.6) is 0 Å². The summed E-state index contributed by atoms with van der Waals surface area (Å²) in [6.07, 6.45) is 1.76. The van der Waals surface area contributed by atoms with Crippen molar-refractivity contribution in [2.75, 3.05) is 46.2 Å². The summed E-state index contributed by atoms with van der Waals surface area (Å²) in [5, 5.41) is 19.2. The lowest BCUT2D eigenvalue weighted by molar-refractivity contribution is -0.119. The van der Waals surface area contributed by atoms with Crippen LogP contribution >= 0.6 is 0 Å². The lowest BCUT2D eigenvalue weighted by Crippen LogP contribution is -2.12. The molecule has 1 rings (SSSR count). The quantitative estimate of drug-likeness (QED) is 0.488. The highest BCUT2D eigenvalue weighted by atomic mass is 16.5. The Bertz CT molecular complexity index is 149. The number of aliphatic hydroxyl groups is 2. The van der Waals surface area contributed by atoms with Gasteiger partial charge < -0.3 is 25.0 Å². The molecule has 1 saturated heterocycles. The standard InChI is InChI=1S/C6H14O4.C4H7NO/c7-1-3-9-5-6-10-4-2-8;6-4-2-1-3-5-4/h7-8H,1-6H2;1-3H2,(H,5,6). The molecule has 0 bridgehead atoms. The van der Waals surface area contributed by atoms with Crippen LogP contribution in [0.15, 0.2) is 0 Å². The molecule has 3 N–H and O–H groups in total. The Labute approximate surface area is 95.6 Å². The van der Waals surface area contributed by atoms with Crippen LogP contribution in [0.25, 0.3) is 0 Å². The summed E-state index contributed by atoms with van der Waals surface area (Å²) in [6, 6.07) is 0. The third-order valence-corrected chi connectivity index (χ3v) is 1.75. The van der Waals surface area contributed by atoms with Crippen LogP contribution in [-0.4, -0.2) is 62.3 Å².